The van der Waals surface area contributed by atoms with Crippen molar-refractivity contribution >= 4 is 34.8 Å². The Morgan fingerprint density at radius 2 is 1.78 bits per heavy atom. The van der Waals surface area contributed by atoms with Gasteiger partial charge in [0.1, 0.15) is 0 Å². The van der Waals surface area contributed by atoms with Crippen LogP contribution in [0.1, 0.15) is 19.8 Å². The standard InChI is InChI=1S/C6H11Cl3/c1-2-3-5(8)6(9)4-7/h5-6H,2-4H2,1H3. The van der Waals surface area contributed by atoms with Gasteiger partial charge >= 0.3 is 0 Å². The Hall–Kier alpha value is 0.870. The molecule has 0 rings (SSSR count). The Kier molecular flexibility index (Phi) is 6.18. The van der Waals surface area contributed by atoms with Gasteiger partial charge in [0, 0.05) is 5.88 Å². The van der Waals surface area contributed by atoms with Crippen molar-refractivity contribution in [2.45, 2.75) is 30.5 Å². The molecule has 0 heterocycles. The minimum absolute atomic E-state index is 0.0363. The number of hydrogen-bond donors (Lipinski definition) is 0. The van der Waals surface area contributed by atoms with Crippen LogP contribution in [0.3, 0.4) is 0 Å². The van der Waals surface area contributed by atoms with E-state index in [4.69, 9.17) is 34.8 Å². The summed E-state index contributed by atoms with van der Waals surface area (Å²) in [5.41, 5.74) is 0. The second-order valence-electron chi connectivity index (χ2n) is 1.97. The molecule has 0 N–H and O–H groups in total. The van der Waals surface area contributed by atoms with Crippen LogP contribution in [-0.4, -0.2) is 16.6 Å². The van der Waals surface area contributed by atoms with Crippen molar-refractivity contribution in [3.05, 3.63) is 0 Å². The lowest BCUT2D eigenvalue weighted by atomic mass is 10.2. The number of hydrogen-bond acceptors (Lipinski definition) is 0. The molecule has 0 nitrogen and oxygen atoms in total. The third-order valence-corrected chi connectivity index (χ3v) is 2.70. The highest BCUT2D eigenvalue weighted by molar-refractivity contribution is 6.33. The maximum atomic E-state index is 5.82. The van der Waals surface area contributed by atoms with Crippen molar-refractivity contribution in [2.24, 2.45) is 0 Å². The van der Waals surface area contributed by atoms with E-state index in [1.807, 2.05) is 0 Å². The van der Waals surface area contributed by atoms with Crippen molar-refractivity contribution in [1.82, 2.24) is 0 Å². The molecular formula is C6H11Cl3. The first-order chi connectivity index (χ1) is 4.22. The van der Waals surface area contributed by atoms with E-state index >= 15 is 0 Å². The van der Waals surface area contributed by atoms with E-state index in [-0.39, 0.29) is 10.8 Å². The van der Waals surface area contributed by atoms with Gasteiger partial charge in [0.25, 0.3) is 0 Å². The monoisotopic (exact) mass is 188 g/mol. The van der Waals surface area contributed by atoms with Crippen LogP contribution in [0.2, 0.25) is 0 Å². The zero-order valence-electron chi connectivity index (χ0n) is 5.41. The maximum absolute atomic E-state index is 5.82. The Labute approximate surface area is 71.5 Å². The first kappa shape index (κ1) is 9.87. The van der Waals surface area contributed by atoms with Crippen LogP contribution >= 0.6 is 34.8 Å². The lowest BCUT2D eigenvalue weighted by molar-refractivity contribution is 0.719. The van der Waals surface area contributed by atoms with Gasteiger partial charge in [0.2, 0.25) is 0 Å². The number of rotatable bonds is 4. The molecule has 0 spiro atoms. The summed E-state index contributed by atoms with van der Waals surface area (Å²) in [6.45, 7) is 2.08. The van der Waals surface area contributed by atoms with Gasteiger partial charge in [0.15, 0.2) is 0 Å². The van der Waals surface area contributed by atoms with Gasteiger partial charge in [-0.3, -0.25) is 0 Å². The van der Waals surface area contributed by atoms with Crippen LogP contribution in [0.4, 0.5) is 0 Å². The Morgan fingerprint density at radius 3 is 2.11 bits per heavy atom. The van der Waals surface area contributed by atoms with Crippen LogP contribution in [0.25, 0.3) is 0 Å². The predicted molar refractivity (Wildman–Crippen MR) is 44.9 cm³/mol. The Bertz CT molecular complexity index is 65.3. The largest absolute Gasteiger partial charge is 0.125 e. The second-order valence-corrected chi connectivity index (χ2v) is 3.40. The summed E-state index contributed by atoms with van der Waals surface area (Å²) in [5.74, 6) is 0.440. The summed E-state index contributed by atoms with van der Waals surface area (Å²) < 4.78 is 0. The average molecular weight is 190 g/mol. The van der Waals surface area contributed by atoms with E-state index in [0.29, 0.717) is 5.88 Å². The molecule has 0 aliphatic heterocycles. The highest BCUT2D eigenvalue weighted by Crippen LogP contribution is 2.16. The van der Waals surface area contributed by atoms with E-state index in [1.165, 1.54) is 0 Å². The second kappa shape index (κ2) is 5.64. The maximum Gasteiger partial charge on any atom is 0.0634 e. The Morgan fingerprint density at radius 1 is 1.22 bits per heavy atom. The third-order valence-electron chi connectivity index (χ3n) is 1.10. The topological polar surface area (TPSA) is 0 Å². The van der Waals surface area contributed by atoms with Crippen LogP contribution < -0.4 is 0 Å². The van der Waals surface area contributed by atoms with E-state index < -0.39 is 0 Å². The fourth-order valence-corrected chi connectivity index (χ4v) is 1.29. The molecule has 0 aromatic rings. The van der Waals surface area contributed by atoms with Gasteiger partial charge in [-0.2, -0.15) is 0 Å². The van der Waals surface area contributed by atoms with Gasteiger partial charge in [0.05, 0.1) is 10.8 Å². The molecule has 0 amide bonds. The average Bonchev–Trinajstić information content (AvgIpc) is 1.87. The van der Waals surface area contributed by atoms with Crippen LogP contribution in [0, 0.1) is 0 Å². The lowest BCUT2D eigenvalue weighted by Crippen LogP contribution is -2.15. The quantitative estimate of drug-likeness (QED) is 0.596. The summed E-state index contributed by atoms with van der Waals surface area (Å²) in [7, 11) is 0. The molecule has 0 aliphatic carbocycles. The van der Waals surface area contributed by atoms with E-state index in [1.54, 1.807) is 0 Å². The minimum atomic E-state index is -0.0757. The number of alkyl halides is 3. The van der Waals surface area contributed by atoms with Crippen LogP contribution in [0.15, 0.2) is 0 Å². The SMILES string of the molecule is CCCC(Cl)C(Cl)CCl. The highest BCUT2D eigenvalue weighted by atomic mass is 35.5. The molecular weight excluding hydrogens is 178 g/mol. The van der Waals surface area contributed by atoms with Crippen LogP contribution in [-0.2, 0) is 0 Å². The smallest absolute Gasteiger partial charge is 0.0634 e. The van der Waals surface area contributed by atoms with E-state index in [2.05, 4.69) is 6.92 Å². The molecule has 9 heavy (non-hydrogen) atoms. The molecule has 0 saturated heterocycles. The van der Waals surface area contributed by atoms with Crippen molar-refractivity contribution in [3.8, 4) is 0 Å². The van der Waals surface area contributed by atoms with E-state index in [0.717, 1.165) is 12.8 Å². The van der Waals surface area contributed by atoms with Gasteiger partial charge < -0.3 is 0 Å². The van der Waals surface area contributed by atoms with Crippen molar-refractivity contribution in [3.63, 3.8) is 0 Å². The minimum Gasteiger partial charge on any atom is -0.125 e. The summed E-state index contributed by atoms with van der Waals surface area (Å²) >= 11 is 17.0. The first-order valence-electron chi connectivity index (χ1n) is 3.06. The fraction of sp³-hybridized carbons (Fsp3) is 1.00. The third kappa shape index (κ3) is 4.30. The number of halogens is 3. The van der Waals surface area contributed by atoms with Gasteiger partial charge in [-0.1, -0.05) is 13.3 Å². The molecule has 0 aromatic heterocycles. The molecule has 0 aromatic carbocycles. The molecule has 0 radical (unpaired) electrons. The Balaban J connectivity index is 3.32. The van der Waals surface area contributed by atoms with Crippen molar-refractivity contribution in [1.29, 1.82) is 0 Å². The molecule has 0 saturated carbocycles. The van der Waals surface area contributed by atoms with Gasteiger partial charge in [-0.25, -0.2) is 0 Å². The molecule has 0 bridgehead atoms. The van der Waals surface area contributed by atoms with E-state index in [9.17, 15) is 0 Å². The summed E-state index contributed by atoms with van der Waals surface area (Å²) in [4.78, 5) is 0. The summed E-state index contributed by atoms with van der Waals surface area (Å²) in [5, 5.41) is -0.0394. The molecule has 0 fully saturated rings. The predicted octanol–water partition coefficient (Wildman–Crippen LogP) is 3.24. The van der Waals surface area contributed by atoms with Gasteiger partial charge in [-0.15, -0.1) is 34.8 Å². The zero-order chi connectivity index (χ0) is 7.28. The zero-order valence-corrected chi connectivity index (χ0v) is 7.68. The van der Waals surface area contributed by atoms with Crippen molar-refractivity contribution in [2.75, 3.05) is 5.88 Å². The molecule has 2 unspecified atom stereocenters. The molecule has 2 atom stereocenters. The summed E-state index contributed by atoms with van der Waals surface area (Å²) in [6.07, 6.45) is 2.01. The van der Waals surface area contributed by atoms with Gasteiger partial charge in [-0.05, 0) is 6.42 Å². The summed E-state index contributed by atoms with van der Waals surface area (Å²) in [6, 6.07) is 0. The van der Waals surface area contributed by atoms with Crippen molar-refractivity contribution < 1.29 is 0 Å². The normalized spacial score (nSPS) is 17.3. The van der Waals surface area contributed by atoms with Crippen LogP contribution in [0.5, 0.6) is 0 Å². The molecule has 56 valence electrons. The highest BCUT2D eigenvalue weighted by Gasteiger charge is 2.13. The fourth-order valence-electron chi connectivity index (χ4n) is 0.553. The molecule has 3 heteroatoms. The molecule has 0 aliphatic rings. The lowest BCUT2D eigenvalue weighted by Gasteiger charge is -2.10. The first-order valence-corrected chi connectivity index (χ1v) is 4.47.